The summed E-state index contributed by atoms with van der Waals surface area (Å²) < 4.78 is 24.8. The predicted octanol–water partition coefficient (Wildman–Crippen LogP) is 3.26. The van der Waals surface area contributed by atoms with E-state index in [4.69, 9.17) is 0 Å². The standard InChI is InChI=1S/C18H22O3S/c1-13-9-14(2)17(15(3)10-13)11-22(20,21)12-18(19)16-7-5-4-6-8-16/h4-10,18-19H,11-12H2,1-3H3. The fourth-order valence-corrected chi connectivity index (χ4v) is 4.41. The smallest absolute Gasteiger partial charge is 0.157 e. The number of benzene rings is 2. The summed E-state index contributed by atoms with van der Waals surface area (Å²) in [5.74, 6) is -0.293. The summed E-state index contributed by atoms with van der Waals surface area (Å²) in [5.41, 5.74) is 4.56. The van der Waals surface area contributed by atoms with E-state index in [1.54, 1.807) is 24.3 Å². The monoisotopic (exact) mass is 318 g/mol. The number of hydrogen-bond acceptors (Lipinski definition) is 3. The highest BCUT2D eigenvalue weighted by Gasteiger charge is 2.21. The van der Waals surface area contributed by atoms with Crippen LogP contribution in [0.2, 0.25) is 0 Å². The molecule has 1 N–H and O–H groups in total. The third-order valence-electron chi connectivity index (χ3n) is 3.80. The first kappa shape index (κ1) is 16.7. The summed E-state index contributed by atoms with van der Waals surface area (Å²) in [5, 5.41) is 10.1. The second kappa shape index (κ2) is 6.63. The van der Waals surface area contributed by atoms with Crippen molar-refractivity contribution in [1.29, 1.82) is 0 Å². The lowest BCUT2D eigenvalue weighted by molar-refractivity contribution is 0.201. The molecule has 0 radical (unpaired) electrons. The van der Waals surface area contributed by atoms with E-state index >= 15 is 0 Å². The van der Waals surface area contributed by atoms with Gasteiger partial charge in [-0.25, -0.2) is 8.42 Å². The molecule has 1 unspecified atom stereocenters. The van der Waals surface area contributed by atoms with E-state index in [1.807, 2.05) is 39.0 Å². The van der Waals surface area contributed by atoms with Crippen LogP contribution in [-0.4, -0.2) is 19.3 Å². The number of aryl methyl sites for hydroxylation is 3. The molecule has 22 heavy (non-hydrogen) atoms. The number of hydrogen-bond donors (Lipinski definition) is 1. The van der Waals surface area contributed by atoms with E-state index in [2.05, 4.69) is 0 Å². The number of rotatable bonds is 5. The molecule has 2 rings (SSSR count). The highest BCUT2D eigenvalue weighted by atomic mass is 32.2. The maximum atomic E-state index is 12.4. The van der Waals surface area contributed by atoms with Crippen LogP contribution < -0.4 is 0 Å². The lowest BCUT2D eigenvalue weighted by Gasteiger charge is -2.15. The maximum Gasteiger partial charge on any atom is 0.157 e. The molecule has 0 aromatic heterocycles. The SMILES string of the molecule is Cc1cc(C)c(CS(=O)(=O)CC(O)c2ccccc2)c(C)c1. The van der Waals surface area contributed by atoms with E-state index in [0.29, 0.717) is 5.56 Å². The predicted molar refractivity (Wildman–Crippen MR) is 89.5 cm³/mol. The molecule has 0 aliphatic carbocycles. The van der Waals surface area contributed by atoms with Gasteiger partial charge in [-0.2, -0.15) is 0 Å². The molecular weight excluding hydrogens is 296 g/mol. The normalized spacial score (nSPS) is 13.1. The lowest BCUT2D eigenvalue weighted by Crippen LogP contribution is -2.17. The van der Waals surface area contributed by atoms with Gasteiger partial charge in [-0.1, -0.05) is 48.0 Å². The number of aliphatic hydroxyl groups excluding tert-OH is 1. The van der Waals surface area contributed by atoms with Crippen molar-refractivity contribution >= 4 is 9.84 Å². The van der Waals surface area contributed by atoms with Crippen molar-refractivity contribution < 1.29 is 13.5 Å². The molecule has 0 fully saturated rings. The second-order valence-corrected chi connectivity index (χ2v) is 7.97. The highest BCUT2D eigenvalue weighted by molar-refractivity contribution is 7.90. The number of sulfone groups is 1. The van der Waals surface area contributed by atoms with Gasteiger partial charge >= 0.3 is 0 Å². The van der Waals surface area contributed by atoms with E-state index < -0.39 is 15.9 Å². The molecule has 0 amide bonds. The van der Waals surface area contributed by atoms with Crippen LogP contribution in [0.3, 0.4) is 0 Å². The van der Waals surface area contributed by atoms with Crippen LogP contribution in [0.1, 0.15) is 33.9 Å². The quantitative estimate of drug-likeness (QED) is 0.920. The van der Waals surface area contributed by atoms with Gasteiger partial charge in [-0.15, -0.1) is 0 Å². The van der Waals surface area contributed by atoms with Crippen LogP contribution in [0, 0.1) is 20.8 Å². The first-order valence-corrected chi connectivity index (χ1v) is 9.11. The summed E-state index contributed by atoms with van der Waals surface area (Å²) in [6.07, 6.45) is -0.989. The summed E-state index contributed by atoms with van der Waals surface area (Å²) in [4.78, 5) is 0. The third kappa shape index (κ3) is 4.18. The number of aliphatic hydroxyl groups is 1. The van der Waals surface area contributed by atoms with Crippen LogP contribution in [0.4, 0.5) is 0 Å². The van der Waals surface area contributed by atoms with Crippen molar-refractivity contribution in [2.45, 2.75) is 32.6 Å². The average molecular weight is 318 g/mol. The minimum Gasteiger partial charge on any atom is -0.387 e. The molecule has 4 heteroatoms. The van der Waals surface area contributed by atoms with E-state index in [0.717, 1.165) is 22.3 Å². The lowest BCUT2D eigenvalue weighted by atomic mass is 10.0. The van der Waals surface area contributed by atoms with Gasteiger partial charge in [0.15, 0.2) is 9.84 Å². The molecule has 1 atom stereocenters. The molecule has 0 heterocycles. The second-order valence-electron chi connectivity index (χ2n) is 5.86. The Morgan fingerprint density at radius 3 is 2.09 bits per heavy atom. The van der Waals surface area contributed by atoms with Gasteiger partial charge in [0.2, 0.25) is 0 Å². The molecule has 118 valence electrons. The Bertz CT molecular complexity index is 726. The molecule has 0 saturated carbocycles. The molecule has 2 aromatic rings. The summed E-state index contributed by atoms with van der Waals surface area (Å²) >= 11 is 0. The Morgan fingerprint density at radius 2 is 1.55 bits per heavy atom. The largest absolute Gasteiger partial charge is 0.387 e. The fourth-order valence-electron chi connectivity index (χ4n) is 2.73. The molecule has 0 spiro atoms. The highest BCUT2D eigenvalue weighted by Crippen LogP contribution is 2.22. The topological polar surface area (TPSA) is 54.4 Å². The minimum atomic E-state index is -3.39. The zero-order chi connectivity index (χ0) is 16.3. The fraction of sp³-hybridized carbons (Fsp3) is 0.333. The molecule has 0 aliphatic heterocycles. The van der Waals surface area contributed by atoms with Gasteiger partial charge in [-0.05, 0) is 43.0 Å². The van der Waals surface area contributed by atoms with Crippen molar-refractivity contribution in [2.24, 2.45) is 0 Å². The van der Waals surface area contributed by atoms with Gasteiger partial charge in [0.25, 0.3) is 0 Å². The first-order valence-electron chi connectivity index (χ1n) is 7.28. The van der Waals surface area contributed by atoms with Crippen molar-refractivity contribution in [2.75, 3.05) is 5.75 Å². The third-order valence-corrected chi connectivity index (χ3v) is 5.35. The summed E-state index contributed by atoms with van der Waals surface area (Å²) in [6, 6.07) is 12.9. The van der Waals surface area contributed by atoms with Crippen molar-refractivity contribution in [3.05, 3.63) is 70.3 Å². The van der Waals surface area contributed by atoms with Crippen LogP contribution >= 0.6 is 0 Å². The van der Waals surface area contributed by atoms with Crippen LogP contribution in [0.5, 0.6) is 0 Å². The Labute approximate surface area is 132 Å². The van der Waals surface area contributed by atoms with Crippen LogP contribution in [-0.2, 0) is 15.6 Å². The zero-order valence-electron chi connectivity index (χ0n) is 13.2. The van der Waals surface area contributed by atoms with Crippen molar-refractivity contribution in [3.63, 3.8) is 0 Å². The Morgan fingerprint density at radius 1 is 1.00 bits per heavy atom. The molecule has 2 aromatic carbocycles. The Kier molecular flexibility index (Phi) is 5.04. The molecule has 0 aliphatic rings. The molecule has 0 bridgehead atoms. The molecule has 0 saturated heterocycles. The van der Waals surface area contributed by atoms with E-state index in [9.17, 15) is 13.5 Å². The van der Waals surface area contributed by atoms with Gasteiger partial charge < -0.3 is 5.11 Å². The van der Waals surface area contributed by atoms with Gasteiger partial charge in [0, 0.05) is 0 Å². The van der Waals surface area contributed by atoms with Crippen LogP contribution in [0.25, 0.3) is 0 Å². The van der Waals surface area contributed by atoms with E-state index in [-0.39, 0.29) is 11.5 Å². The van der Waals surface area contributed by atoms with Crippen molar-refractivity contribution in [3.8, 4) is 0 Å². The Balaban J connectivity index is 2.19. The van der Waals surface area contributed by atoms with Gasteiger partial charge in [0.1, 0.15) is 0 Å². The Hall–Kier alpha value is -1.65. The van der Waals surface area contributed by atoms with E-state index in [1.165, 1.54) is 0 Å². The zero-order valence-corrected chi connectivity index (χ0v) is 14.0. The summed E-state index contributed by atoms with van der Waals surface area (Å²) in [6.45, 7) is 5.86. The van der Waals surface area contributed by atoms with Gasteiger partial charge in [-0.3, -0.25) is 0 Å². The first-order chi connectivity index (χ1) is 10.3. The molecular formula is C18H22O3S. The van der Waals surface area contributed by atoms with Gasteiger partial charge in [0.05, 0.1) is 17.6 Å². The van der Waals surface area contributed by atoms with Crippen LogP contribution in [0.15, 0.2) is 42.5 Å². The minimum absolute atomic E-state index is 0.0329. The maximum absolute atomic E-state index is 12.4. The summed E-state index contributed by atoms with van der Waals surface area (Å²) in [7, 11) is -3.39. The average Bonchev–Trinajstić information content (AvgIpc) is 2.43. The molecule has 3 nitrogen and oxygen atoms in total. The van der Waals surface area contributed by atoms with Crippen molar-refractivity contribution in [1.82, 2.24) is 0 Å².